The van der Waals surface area contributed by atoms with Gasteiger partial charge in [-0.15, -0.1) is 0 Å². The van der Waals surface area contributed by atoms with Crippen LogP contribution in [0.1, 0.15) is 11.1 Å². The van der Waals surface area contributed by atoms with Gasteiger partial charge in [-0.25, -0.2) is 0 Å². The Morgan fingerprint density at radius 3 is 2.79 bits per heavy atom. The van der Waals surface area contributed by atoms with E-state index in [-0.39, 0.29) is 12.2 Å². The molecule has 0 saturated carbocycles. The lowest BCUT2D eigenvalue weighted by molar-refractivity contribution is -0.138. The van der Waals surface area contributed by atoms with Gasteiger partial charge in [0.2, 0.25) is 0 Å². The first kappa shape index (κ1) is 10.5. The van der Waals surface area contributed by atoms with Gasteiger partial charge in [0.15, 0.2) is 0 Å². The molecule has 1 rings (SSSR count). The normalized spacial score (nSPS) is 12.4. The van der Waals surface area contributed by atoms with Crippen LogP contribution in [0.5, 0.6) is 5.75 Å². The van der Waals surface area contributed by atoms with E-state index >= 15 is 0 Å². The maximum atomic E-state index is 10.5. The van der Waals surface area contributed by atoms with Crippen molar-refractivity contribution in [2.45, 2.75) is 19.4 Å². The predicted octanol–water partition coefficient (Wildman–Crippen LogP) is 0.655. The van der Waals surface area contributed by atoms with Gasteiger partial charge in [0.25, 0.3) is 0 Å². The molecular weight excluding hydrogens is 182 g/mol. The van der Waals surface area contributed by atoms with Crippen molar-refractivity contribution in [1.82, 2.24) is 0 Å². The molecule has 0 amide bonds. The number of aliphatic carboxylic acids is 1. The molecule has 4 heteroatoms. The Hall–Kier alpha value is -1.55. The fourth-order valence-electron chi connectivity index (χ4n) is 1.20. The van der Waals surface area contributed by atoms with Crippen molar-refractivity contribution in [2.24, 2.45) is 5.73 Å². The summed E-state index contributed by atoms with van der Waals surface area (Å²) in [6.07, 6.45) is 0.142. The fourth-order valence-corrected chi connectivity index (χ4v) is 1.20. The summed E-state index contributed by atoms with van der Waals surface area (Å²) < 4.78 is 0. The van der Waals surface area contributed by atoms with Crippen LogP contribution >= 0.6 is 0 Å². The number of carboxylic acid groups (broad SMARTS) is 1. The summed E-state index contributed by atoms with van der Waals surface area (Å²) in [6, 6.07) is 4.06. The maximum absolute atomic E-state index is 10.5. The number of carboxylic acids is 1. The summed E-state index contributed by atoms with van der Waals surface area (Å²) in [6.45, 7) is 1.87. The SMILES string of the molecule is Cc1ccc(O)c(C[C@@H](N)C(=O)O)c1. The summed E-state index contributed by atoms with van der Waals surface area (Å²) >= 11 is 0. The summed E-state index contributed by atoms with van der Waals surface area (Å²) in [5, 5.41) is 18.0. The number of hydrogen-bond donors (Lipinski definition) is 3. The molecule has 0 radical (unpaired) electrons. The van der Waals surface area contributed by atoms with Crippen molar-refractivity contribution < 1.29 is 15.0 Å². The number of aromatic hydroxyl groups is 1. The average molecular weight is 195 g/mol. The van der Waals surface area contributed by atoms with Crippen LogP contribution in [0.4, 0.5) is 0 Å². The molecule has 4 N–H and O–H groups in total. The minimum absolute atomic E-state index is 0.0901. The second-order valence-electron chi connectivity index (χ2n) is 3.28. The molecule has 1 aromatic carbocycles. The van der Waals surface area contributed by atoms with E-state index in [4.69, 9.17) is 10.8 Å². The topological polar surface area (TPSA) is 83.5 Å². The molecule has 0 saturated heterocycles. The van der Waals surface area contributed by atoms with Gasteiger partial charge in [-0.05, 0) is 18.6 Å². The zero-order valence-corrected chi connectivity index (χ0v) is 7.90. The minimum atomic E-state index is -1.06. The van der Waals surface area contributed by atoms with Crippen molar-refractivity contribution in [3.05, 3.63) is 29.3 Å². The predicted molar refractivity (Wildman–Crippen MR) is 52.2 cm³/mol. The molecule has 0 aliphatic carbocycles. The van der Waals surface area contributed by atoms with Gasteiger partial charge in [-0.3, -0.25) is 4.79 Å². The number of carbonyl (C=O) groups is 1. The van der Waals surface area contributed by atoms with Crippen LogP contribution in [-0.4, -0.2) is 22.2 Å². The molecule has 0 fully saturated rings. The average Bonchev–Trinajstić information content (AvgIpc) is 2.11. The van der Waals surface area contributed by atoms with Gasteiger partial charge in [0.1, 0.15) is 11.8 Å². The molecule has 1 aromatic rings. The van der Waals surface area contributed by atoms with Crippen molar-refractivity contribution in [1.29, 1.82) is 0 Å². The Balaban J connectivity index is 2.85. The smallest absolute Gasteiger partial charge is 0.320 e. The molecule has 14 heavy (non-hydrogen) atoms. The minimum Gasteiger partial charge on any atom is -0.508 e. The van der Waals surface area contributed by atoms with Crippen LogP contribution in [-0.2, 0) is 11.2 Å². The molecule has 0 spiro atoms. The molecule has 76 valence electrons. The van der Waals surface area contributed by atoms with E-state index in [0.29, 0.717) is 5.56 Å². The number of aryl methyl sites for hydroxylation is 1. The highest BCUT2D eigenvalue weighted by Crippen LogP contribution is 2.19. The fraction of sp³-hybridized carbons (Fsp3) is 0.300. The molecule has 0 aromatic heterocycles. The first-order valence-electron chi connectivity index (χ1n) is 4.27. The monoisotopic (exact) mass is 195 g/mol. The highest BCUT2D eigenvalue weighted by molar-refractivity contribution is 5.73. The van der Waals surface area contributed by atoms with Crippen LogP contribution in [0.2, 0.25) is 0 Å². The van der Waals surface area contributed by atoms with Gasteiger partial charge in [0.05, 0.1) is 0 Å². The number of phenolic OH excluding ortho intramolecular Hbond substituents is 1. The molecule has 0 bridgehead atoms. The second kappa shape index (κ2) is 4.11. The zero-order chi connectivity index (χ0) is 10.7. The van der Waals surface area contributed by atoms with E-state index in [2.05, 4.69) is 0 Å². The van der Waals surface area contributed by atoms with E-state index in [1.54, 1.807) is 18.2 Å². The molecule has 0 aliphatic heterocycles. The standard InChI is InChI=1S/C10H13NO3/c1-6-2-3-9(12)7(4-6)5-8(11)10(13)14/h2-4,8,12H,5,11H2,1H3,(H,13,14)/t8-/m1/s1. The Bertz CT molecular complexity index is 349. The van der Waals surface area contributed by atoms with Crippen LogP contribution < -0.4 is 5.73 Å². The third-order valence-corrected chi connectivity index (χ3v) is 1.99. The second-order valence-corrected chi connectivity index (χ2v) is 3.28. The number of nitrogens with two attached hydrogens (primary N) is 1. The van der Waals surface area contributed by atoms with Crippen LogP contribution in [0.25, 0.3) is 0 Å². The van der Waals surface area contributed by atoms with Gasteiger partial charge in [-0.2, -0.15) is 0 Å². The Labute approximate surface area is 82.0 Å². The Kier molecular flexibility index (Phi) is 3.09. The highest BCUT2D eigenvalue weighted by Gasteiger charge is 2.14. The van der Waals surface area contributed by atoms with Gasteiger partial charge < -0.3 is 15.9 Å². The molecular formula is C10H13NO3. The van der Waals surface area contributed by atoms with Crippen molar-refractivity contribution in [3.63, 3.8) is 0 Å². The van der Waals surface area contributed by atoms with E-state index in [0.717, 1.165) is 5.56 Å². The maximum Gasteiger partial charge on any atom is 0.320 e. The molecule has 0 heterocycles. The molecule has 1 atom stereocenters. The number of phenols is 1. The Morgan fingerprint density at radius 1 is 1.57 bits per heavy atom. The largest absolute Gasteiger partial charge is 0.508 e. The molecule has 0 unspecified atom stereocenters. The first-order chi connectivity index (χ1) is 6.50. The number of rotatable bonds is 3. The van der Waals surface area contributed by atoms with E-state index in [1.165, 1.54) is 0 Å². The quantitative estimate of drug-likeness (QED) is 0.661. The van der Waals surface area contributed by atoms with E-state index in [1.807, 2.05) is 6.92 Å². The van der Waals surface area contributed by atoms with Gasteiger partial charge in [-0.1, -0.05) is 17.7 Å². The van der Waals surface area contributed by atoms with E-state index < -0.39 is 12.0 Å². The molecule has 4 nitrogen and oxygen atoms in total. The van der Waals surface area contributed by atoms with Gasteiger partial charge in [0, 0.05) is 6.42 Å². The van der Waals surface area contributed by atoms with Crippen LogP contribution in [0, 0.1) is 6.92 Å². The van der Waals surface area contributed by atoms with Crippen molar-refractivity contribution in [2.75, 3.05) is 0 Å². The van der Waals surface area contributed by atoms with Crippen LogP contribution in [0.3, 0.4) is 0 Å². The van der Waals surface area contributed by atoms with Crippen LogP contribution in [0.15, 0.2) is 18.2 Å². The third-order valence-electron chi connectivity index (χ3n) is 1.99. The van der Waals surface area contributed by atoms with E-state index in [9.17, 15) is 9.90 Å². The summed E-state index contributed by atoms with van der Waals surface area (Å²) in [5.74, 6) is -0.974. The number of benzene rings is 1. The highest BCUT2D eigenvalue weighted by atomic mass is 16.4. The van der Waals surface area contributed by atoms with Gasteiger partial charge >= 0.3 is 5.97 Å². The number of hydrogen-bond acceptors (Lipinski definition) is 3. The first-order valence-corrected chi connectivity index (χ1v) is 4.27. The summed E-state index contributed by atoms with van der Waals surface area (Å²) in [7, 11) is 0. The summed E-state index contributed by atoms with van der Waals surface area (Å²) in [5.41, 5.74) is 6.89. The van der Waals surface area contributed by atoms with Crippen molar-refractivity contribution >= 4 is 5.97 Å². The summed E-state index contributed by atoms with van der Waals surface area (Å²) in [4.78, 5) is 10.5. The van der Waals surface area contributed by atoms with Crippen molar-refractivity contribution in [3.8, 4) is 5.75 Å². The lowest BCUT2D eigenvalue weighted by Crippen LogP contribution is -2.32. The molecule has 0 aliphatic rings. The lowest BCUT2D eigenvalue weighted by atomic mass is 10.0. The zero-order valence-electron chi connectivity index (χ0n) is 7.90. The third kappa shape index (κ3) is 2.47. The Morgan fingerprint density at radius 2 is 2.21 bits per heavy atom. The lowest BCUT2D eigenvalue weighted by Gasteiger charge is -2.08.